The maximum absolute atomic E-state index is 9.04. The van der Waals surface area contributed by atoms with Gasteiger partial charge in [-0.25, -0.2) is 0 Å². The minimum absolute atomic E-state index is 0.0538. The second kappa shape index (κ2) is 2.89. The van der Waals surface area contributed by atoms with Crippen molar-refractivity contribution in [2.45, 2.75) is 31.5 Å². The third-order valence-corrected chi connectivity index (χ3v) is 2.65. The Morgan fingerprint density at radius 2 is 2.08 bits per heavy atom. The number of nitriles is 1. The Morgan fingerprint density at radius 1 is 1.42 bits per heavy atom. The van der Waals surface area contributed by atoms with E-state index in [1.807, 2.05) is 0 Å². The zero-order valence-electron chi connectivity index (χ0n) is 6.79. The molecule has 0 radical (unpaired) electrons. The highest BCUT2D eigenvalue weighted by Gasteiger charge is 2.39. The molecule has 0 aromatic carbocycles. The van der Waals surface area contributed by atoms with Crippen LogP contribution in [0.3, 0.4) is 0 Å². The number of nitrogens with zero attached hydrogens (tertiary/aromatic N) is 1. The van der Waals surface area contributed by atoms with E-state index in [1.165, 1.54) is 0 Å². The van der Waals surface area contributed by atoms with Crippen LogP contribution in [0.4, 0.5) is 0 Å². The predicted octanol–water partition coefficient (Wildman–Crippen LogP) is 0.750. The zero-order chi connectivity index (χ0) is 8.55. The van der Waals surface area contributed by atoms with Crippen molar-refractivity contribution in [3.05, 3.63) is 11.1 Å². The van der Waals surface area contributed by atoms with Gasteiger partial charge in [-0.15, -0.1) is 0 Å². The Labute approximate surface area is 71.3 Å². The highest BCUT2D eigenvalue weighted by Crippen LogP contribution is 2.40. The highest BCUT2D eigenvalue weighted by molar-refractivity contribution is 5.32. The lowest BCUT2D eigenvalue weighted by Crippen LogP contribution is -2.11. The number of fused-ring (bicyclic) bond motifs is 2. The van der Waals surface area contributed by atoms with Crippen molar-refractivity contribution in [3.8, 4) is 6.07 Å². The van der Waals surface area contributed by atoms with Gasteiger partial charge in [-0.2, -0.15) is 5.26 Å². The van der Waals surface area contributed by atoms with Crippen molar-refractivity contribution in [1.82, 2.24) is 0 Å². The molecule has 3 heteroatoms. The van der Waals surface area contributed by atoms with E-state index in [0.29, 0.717) is 6.42 Å². The molecule has 1 fully saturated rings. The molecule has 2 aliphatic rings. The third-order valence-electron chi connectivity index (χ3n) is 2.65. The minimum Gasteiger partial charge on any atom is -0.392 e. The van der Waals surface area contributed by atoms with Crippen LogP contribution < -0.4 is 0 Å². The Hall–Kier alpha value is -0.850. The lowest BCUT2D eigenvalue weighted by molar-refractivity contribution is 0.106. The van der Waals surface area contributed by atoms with Crippen LogP contribution in [0.1, 0.15) is 19.3 Å². The van der Waals surface area contributed by atoms with Crippen LogP contribution in [0.5, 0.6) is 0 Å². The van der Waals surface area contributed by atoms with E-state index in [4.69, 9.17) is 15.1 Å². The van der Waals surface area contributed by atoms with Crippen molar-refractivity contribution in [2.75, 3.05) is 6.61 Å². The molecule has 2 rings (SSSR count). The van der Waals surface area contributed by atoms with E-state index in [-0.39, 0.29) is 18.8 Å². The van der Waals surface area contributed by atoms with Crippen molar-refractivity contribution in [2.24, 2.45) is 0 Å². The van der Waals surface area contributed by atoms with E-state index in [0.717, 1.165) is 24.0 Å². The van der Waals surface area contributed by atoms with Crippen LogP contribution in [0.15, 0.2) is 11.1 Å². The van der Waals surface area contributed by atoms with Crippen LogP contribution in [0.2, 0.25) is 0 Å². The standard InChI is InChI=1S/C9H11NO2/c10-4-3-6-7(5-11)9-2-1-8(6)12-9/h8-9,11H,1-3,5H2. The smallest absolute Gasteiger partial charge is 0.0820 e. The number of ether oxygens (including phenoxy) is 1. The quantitative estimate of drug-likeness (QED) is 0.614. The summed E-state index contributed by atoms with van der Waals surface area (Å²) in [6.07, 6.45) is 2.69. The molecule has 2 heterocycles. The molecule has 0 aliphatic carbocycles. The summed E-state index contributed by atoms with van der Waals surface area (Å²) in [4.78, 5) is 0. The second-order valence-electron chi connectivity index (χ2n) is 3.23. The number of hydrogen-bond acceptors (Lipinski definition) is 3. The first kappa shape index (κ1) is 7.78. The molecular formula is C9H11NO2. The molecule has 2 aliphatic heterocycles. The van der Waals surface area contributed by atoms with Gasteiger partial charge in [0, 0.05) is 0 Å². The summed E-state index contributed by atoms with van der Waals surface area (Å²) in [6, 6.07) is 2.11. The van der Waals surface area contributed by atoms with Crippen LogP contribution in [0.25, 0.3) is 0 Å². The van der Waals surface area contributed by atoms with Crippen LogP contribution in [-0.4, -0.2) is 23.9 Å². The van der Waals surface area contributed by atoms with E-state index in [1.54, 1.807) is 0 Å². The fourth-order valence-corrected chi connectivity index (χ4v) is 2.08. The molecule has 3 nitrogen and oxygen atoms in total. The summed E-state index contributed by atoms with van der Waals surface area (Å²) in [7, 11) is 0. The van der Waals surface area contributed by atoms with Gasteiger partial charge >= 0.3 is 0 Å². The van der Waals surface area contributed by atoms with E-state index in [2.05, 4.69) is 6.07 Å². The summed E-state index contributed by atoms with van der Waals surface area (Å²) >= 11 is 0. The van der Waals surface area contributed by atoms with Gasteiger partial charge in [0.25, 0.3) is 0 Å². The molecule has 2 unspecified atom stereocenters. The summed E-state index contributed by atoms with van der Waals surface area (Å²) < 4.78 is 5.56. The van der Waals surface area contributed by atoms with Crippen LogP contribution in [-0.2, 0) is 4.74 Å². The summed E-state index contributed by atoms with van der Waals surface area (Å²) in [5, 5.41) is 17.6. The molecular weight excluding hydrogens is 154 g/mol. The van der Waals surface area contributed by atoms with E-state index >= 15 is 0 Å². The topological polar surface area (TPSA) is 53.2 Å². The Bertz CT molecular complexity index is 264. The second-order valence-corrected chi connectivity index (χ2v) is 3.23. The molecule has 12 heavy (non-hydrogen) atoms. The molecule has 0 aromatic heterocycles. The van der Waals surface area contributed by atoms with Crippen LogP contribution >= 0.6 is 0 Å². The molecule has 1 saturated heterocycles. The lowest BCUT2D eigenvalue weighted by Gasteiger charge is -2.11. The molecule has 0 saturated carbocycles. The first-order valence-corrected chi connectivity index (χ1v) is 4.22. The number of rotatable bonds is 2. The average molecular weight is 165 g/mol. The SMILES string of the molecule is N#CCC1=C(CO)C2CCC1O2. The van der Waals surface area contributed by atoms with E-state index < -0.39 is 0 Å². The monoisotopic (exact) mass is 165 g/mol. The molecule has 0 amide bonds. The lowest BCUT2D eigenvalue weighted by atomic mass is 9.91. The Morgan fingerprint density at radius 3 is 2.67 bits per heavy atom. The minimum atomic E-state index is 0.0538. The molecule has 0 aromatic rings. The molecule has 2 bridgehead atoms. The zero-order valence-corrected chi connectivity index (χ0v) is 6.79. The normalized spacial score (nSPS) is 32.7. The molecule has 1 N–H and O–H groups in total. The molecule has 2 atom stereocenters. The van der Waals surface area contributed by atoms with Gasteiger partial charge in [-0.3, -0.25) is 0 Å². The summed E-state index contributed by atoms with van der Waals surface area (Å²) in [5.74, 6) is 0. The Balaban J connectivity index is 2.25. The Kier molecular flexibility index (Phi) is 1.87. The molecule has 64 valence electrons. The van der Waals surface area contributed by atoms with Crippen molar-refractivity contribution < 1.29 is 9.84 Å². The van der Waals surface area contributed by atoms with Gasteiger partial charge in [0.1, 0.15) is 0 Å². The summed E-state index contributed by atoms with van der Waals surface area (Å²) in [6.45, 7) is 0.0538. The predicted molar refractivity (Wildman–Crippen MR) is 42.2 cm³/mol. The van der Waals surface area contributed by atoms with Crippen molar-refractivity contribution >= 4 is 0 Å². The summed E-state index contributed by atoms with van der Waals surface area (Å²) in [5.41, 5.74) is 2.00. The van der Waals surface area contributed by atoms with Gasteiger partial charge in [-0.1, -0.05) is 0 Å². The largest absolute Gasteiger partial charge is 0.392 e. The number of aliphatic hydroxyl groups excluding tert-OH is 1. The average Bonchev–Trinajstić information content (AvgIpc) is 2.64. The van der Waals surface area contributed by atoms with Gasteiger partial charge in [0.05, 0.1) is 31.3 Å². The van der Waals surface area contributed by atoms with Gasteiger partial charge in [-0.05, 0) is 24.0 Å². The number of aliphatic hydroxyl groups is 1. The van der Waals surface area contributed by atoms with Crippen LogP contribution in [0, 0.1) is 11.3 Å². The van der Waals surface area contributed by atoms with E-state index in [9.17, 15) is 0 Å². The maximum atomic E-state index is 9.04. The van der Waals surface area contributed by atoms with Crippen molar-refractivity contribution in [1.29, 1.82) is 5.26 Å². The first-order valence-electron chi connectivity index (χ1n) is 4.22. The number of hydrogen-bond donors (Lipinski definition) is 1. The van der Waals surface area contributed by atoms with Gasteiger partial charge < -0.3 is 9.84 Å². The maximum Gasteiger partial charge on any atom is 0.0820 e. The van der Waals surface area contributed by atoms with Gasteiger partial charge in [0.15, 0.2) is 0 Å². The molecule has 0 spiro atoms. The van der Waals surface area contributed by atoms with Crippen molar-refractivity contribution in [3.63, 3.8) is 0 Å². The first-order chi connectivity index (χ1) is 5.86. The fourth-order valence-electron chi connectivity index (χ4n) is 2.08. The van der Waals surface area contributed by atoms with Gasteiger partial charge in [0.2, 0.25) is 0 Å². The third kappa shape index (κ3) is 0.961. The fraction of sp³-hybridized carbons (Fsp3) is 0.667. The highest BCUT2D eigenvalue weighted by atomic mass is 16.5.